The molecule has 20 heavy (non-hydrogen) atoms. The van der Waals surface area contributed by atoms with Crippen molar-refractivity contribution in [3.05, 3.63) is 30.1 Å². The predicted molar refractivity (Wildman–Crippen MR) is 73.8 cm³/mol. The zero-order valence-corrected chi connectivity index (χ0v) is 11.3. The number of carbonyl (C=O) groups is 2. The maximum Gasteiger partial charge on any atom is 0.306 e. The molecule has 6 heteroatoms. The average molecular weight is 275 g/mol. The Morgan fingerprint density at radius 1 is 1.40 bits per heavy atom. The van der Waals surface area contributed by atoms with Crippen LogP contribution in [0.4, 0.5) is 0 Å². The second kappa shape index (κ2) is 6.70. The molecule has 2 aromatic rings. The zero-order valence-electron chi connectivity index (χ0n) is 11.3. The molecule has 0 saturated carbocycles. The Balaban J connectivity index is 1.83. The Morgan fingerprint density at radius 3 is 3.05 bits per heavy atom. The van der Waals surface area contributed by atoms with Crippen molar-refractivity contribution in [2.24, 2.45) is 0 Å². The van der Waals surface area contributed by atoms with E-state index in [-0.39, 0.29) is 24.7 Å². The summed E-state index contributed by atoms with van der Waals surface area (Å²) < 4.78 is 4.77. The van der Waals surface area contributed by atoms with Gasteiger partial charge in [0.15, 0.2) is 0 Å². The Kier molecular flexibility index (Phi) is 4.70. The highest BCUT2D eigenvalue weighted by molar-refractivity contribution is 5.83. The monoisotopic (exact) mass is 275 g/mol. The lowest BCUT2D eigenvalue weighted by Gasteiger charge is -2.04. The summed E-state index contributed by atoms with van der Waals surface area (Å²) in [4.78, 5) is 30.0. The zero-order chi connectivity index (χ0) is 14.4. The topological polar surface area (TPSA) is 84.1 Å². The summed E-state index contributed by atoms with van der Waals surface area (Å²) >= 11 is 0. The molecule has 0 fully saturated rings. The number of hydrogen-bond acceptors (Lipinski definition) is 4. The van der Waals surface area contributed by atoms with Crippen molar-refractivity contribution >= 4 is 22.9 Å². The van der Waals surface area contributed by atoms with Crippen LogP contribution in [0.2, 0.25) is 0 Å². The third-order valence-corrected chi connectivity index (χ3v) is 2.87. The first kappa shape index (κ1) is 14.0. The van der Waals surface area contributed by atoms with Crippen molar-refractivity contribution in [2.75, 3.05) is 6.61 Å². The lowest BCUT2D eigenvalue weighted by Crippen LogP contribution is -2.23. The van der Waals surface area contributed by atoms with Crippen molar-refractivity contribution in [3.63, 3.8) is 0 Å². The van der Waals surface area contributed by atoms with Crippen LogP contribution >= 0.6 is 0 Å². The molecule has 2 rings (SSSR count). The highest BCUT2D eigenvalue weighted by atomic mass is 16.5. The van der Waals surface area contributed by atoms with E-state index in [4.69, 9.17) is 4.74 Å². The van der Waals surface area contributed by atoms with E-state index in [2.05, 4.69) is 15.3 Å². The predicted octanol–water partition coefficient (Wildman–Crippen LogP) is 1.52. The summed E-state index contributed by atoms with van der Waals surface area (Å²) in [7, 11) is 0. The lowest BCUT2D eigenvalue weighted by atomic mass is 10.2. The number of nitrogens with one attached hydrogen (secondary N) is 2. The highest BCUT2D eigenvalue weighted by Crippen LogP contribution is 2.15. The fraction of sp³-hybridized carbons (Fsp3) is 0.357. The third-order valence-electron chi connectivity index (χ3n) is 2.87. The van der Waals surface area contributed by atoms with Crippen molar-refractivity contribution in [1.29, 1.82) is 0 Å². The van der Waals surface area contributed by atoms with E-state index < -0.39 is 0 Å². The second-order valence-electron chi connectivity index (χ2n) is 4.30. The molecule has 1 amide bonds. The van der Waals surface area contributed by atoms with Gasteiger partial charge < -0.3 is 15.0 Å². The number of ether oxygens (including phenoxy) is 1. The SMILES string of the molecule is CCOC(=O)CCC(=O)NCc1c[nH]c2ncccc12. The maximum absolute atomic E-state index is 11.6. The summed E-state index contributed by atoms with van der Waals surface area (Å²) in [6, 6.07) is 3.79. The van der Waals surface area contributed by atoms with Crippen LogP contribution in [0, 0.1) is 0 Å². The minimum atomic E-state index is -0.348. The smallest absolute Gasteiger partial charge is 0.306 e. The summed E-state index contributed by atoms with van der Waals surface area (Å²) in [6.07, 6.45) is 3.78. The molecule has 0 aliphatic rings. The molecule has 0 aliphatic heterocycles. The van der Waals surface area contributed by atoms with Gasteiger partial charge in [0, 0.05) is 30.7 Å². The molecule has 0 saturated heterocycles. The number of pyridine rings is 1. The Labute approximate surface area is 116 Å². The van der Waals surface area contributed by atoms with E-state index in [0.29, 0.717) is 13.2 Å². The molecule has 0 spiro atoms. The number of esters is 1. The summed E-state index contributed by atoms with van der Waals surface area (Å²) in [5.41, 5.74) is 1.76. The molecule has 0 aliphatic carbocycles. The molecule has 2 aromatic heterocycles. The maximum atomic E-state index is 11.6. The number of nitrogens with zero attached hydrogens (tertiary/aromatic N) is 1. The largest absolute Gasteiger partial charge is 0.466 e. The van der Waals surface area contributed by atoms with Gasteiger partial charge in [0.05, 0.1) is 13.0 Å². The van der Waals surface area contributed by atoms with Crippen LogP contribution in [0.5, 0.6) is 0 Å². The number of fused-ring (bicyclic) bond motifs is 1. The molecule has 0 radical (unpaired) electrons. The molecular weight excluding hydrogens is 258 g/mol. The quantitative estimate of drug-likeness (QED) is 0.783. The number of carbonyl (C=O) groups excluding carboxylic acids is 2. The van der Waals surface area contributed by atoms with Crippen LogP contribution in [0.3, 0.4) is 0 Å². The van der Waals surface area contributed by atoms with Crippen molar-refractivity contribution in [1.82, 2.24) is 15.3 Å². The summed E-state index contributed by atoms with van der Waals surface area (Å²) in [5, 5.41) is 3.76. The molecular formula is C14H17N3O3. The fourth-order valence-electron chi connectivity index (χ4n) is 1.89. The number of rotatable bonds is 6. The van der Waals surface area contributed by atoms with Gasteiger partial charge in [0.1, 0.15) is 5.65 Å². The number of hydrogen-bond donors (Lipinski definition) is 2. The summed E-state index contributed by atoms with van der Waals surface area (Å²) in [5.74, 6) is -0.518. The normalized spacial score (nSPS) is 10.4. The number of aromatic nitrogens is 2. The minimum absolute atomic E-state index is 0.106. The Morgan fingerprint density at radius 2 is 2.25 bits per heavy atom. The van der Waals surface area contributed by atoms with Crippen LogP contribution in [0.25, 0.3) is 11.0 Å². The van der Waals surface area contributed by atoms with Gasteiger partial charge in [-0.3, -0.25) is 9.59 Å². The van der Waals surface area contributed by atoms with Crippen LogP contribution < -0.4 is 5.32 Å². The number of aromatic amines is 1. The van der Waals surface area contributed by atoms with Crippen LogP contribution in [-0.2, 0) is 20.9 Å². The summed E-state index contributed by atoms with van der Waals surface area (Å²) in [6.45, 7) is 2.49. The molecule has 0 aromatic carbocycles. The van der Waals surface area contributed by atoms with Crippen LogP contribution in [-0.4, -0.2) is 28.5 Å². The molecule has 0 atom stereocenters. The first-order valence-corrected chi connectivity index (χ1v) is 6.54. The van der Waals surface area contributed by atoms with Crippen LogP contribution in [0.15, 0.2) is 24.5 Å². The van der Waals surface area contributed by atoms with Gasteiger partial charge in [-0.2, -0.15) is 0 Å². The van der Waals surface area contributed by atoms with Gasteiger partial charge in [-0.25, -0.2) is 4.98 Å². The van der Waals surface area contributed by atoms with E-state index in [1.807, 2.05) is 18.3 Å². The van der Waals surface area contributed by atoms with E-state index >= 15 is 0 Å². The van der Waals surface area contributed by atoms with Gasteiger partial charge in [0.2, 0.25) is 5.91 Å². The lowest BCUT2D eigenvalue weighted by molar-refractivity contribution is -0.144. The molecule has 6 nitrogen and oxygen atoms in total. The van der Waals surface area contributed by atoms with Crippen molar-refractivity contribution in [3.8, 4) is 0 Å². The molecule has 2 N–H and O–H groups in total. The van der Waals surface area contributed by atoms with Crippen molar-refractivity contribution in [2.45, 2.75) is 26.3 Å². The number of H-pyrrole nitrogens is 1. The molecule has 0 unspecified atom stereocenters. The first-order valence-electron chi connectivity index (χ1n) is 6.54. The van der Waals surface area contributed by atoms with Gasteiger partial charge in [0.25, 0.3) is 0 Å². The van der Waals surface area contributed by atoms with Gasteiger partial charge in [-0.05, 0) is 24.6 Å². The van der Waals surface area contributed by atoms with Crippen molar-refractivity contribution < 1.29 is 14.3 Å². The molecule has 106 valence electrons. The van der Waals surface area contributed by atoms with Crippen LogP contribution in [0.1, 0.15) is 25.3 Å². The number of amides is 1. The Hall–Kier alpha value is -2.37. The average Bonchev–Trinajstić information content (AvgIpc) is 2.86. The molecule has 0 bridgehead atoms. The fourth-order valence-corrected chi connectivity index (χ4v) is 1.89. The van der Waals surface area contributed by atoms with E-state index in [9.17, 15) is 9.59 Å². The van der Waals surface area contributed by atoms with E-state index in [1.165, 1.54) is 0 Å². The minimum Gasteiger partial charge on any atom is -0.466 e. The van der Waals surface area contributed by atoms with Gasteiger partial charge in [-0.15, -0.1) is 0 Å². The standard InChI is InChI=1S/C14H17N3O3/c1-2-20-13(19)6-5-12(18)16-8-10-9-17-14-11(10)4-3-7-15-14/h3-4,7,9H,2,5-6,8H2,1H3,(H,15,17)(H,16,18). The van der Waals surface area contributed by atoms with Gasteiger partial charge >= 0.3 is 5.97 Å². The third kappa shape index (κ3) is 3.57. The Bertz CT molecular complexity index is 606. The van der Waals surface area contributed by atoms with E-state index in [0.717, 1.165) is 16.6 Å². The molecule has 2 heterocycles. The first-order chi connectivity index (χ1) is 9.70. The van der Waals surface area contributed by atoms with Gasteiger partial charge in [-0.1, -0.05) is 0 Å². The second-order valence-corrected chi connectivity index (χ2v) is 4.30. The highest BCUT2D eigenvalue weighted by Gasteiger charge is 2.09. The van der Waals surface area contributed by atoms with E-state index in [1.54, 1.807) is 13.1 Å².